The fourth-order valence-electron chi connectivity index (χ4n) is 14.5. The minimum atomic E-state index is -1.09. The van der Waals surface area contributed by atoms with Gasteiger partial charge in [0, 0.05) is 49.7 Å². The molecule has 5 rings (SSSR count). The summed E-state index contributed by atoms with van der Waals surface area (Å²) >= 11 is 0. The summed E-state index contributed by atoms with van der Waals surface area (Å²) in [6, 6.07) is 0. The summed E-state index contributed by atoms with van der Waals surface area (Å²) in [4.78, 5) is 13.7. The van der Waals surface area contributed by atoms with Crippen LogP contribution < -0.4 is 0 Å². The van der Waals surface area contributed by atoms with Crippen LogP contribution >= 0.6 is 0 Å². The van der Waals surface area contributed by atoms with Crippen LogP contribution in [0.25, 0.3) is 0 Å². The van der Waals surface area contributed by atoms with Crippen molar-refractivity contribution in [1.29, 1.82) is 0 Å². The lowest BCUT2D eigenvalue weighted by molar-refractivity contribution is -0.154. The maximum Gasteiger partial charge on any atom is 0.331 e. The first-order chi connectivity index (χ1) is 43.2. The van der Waals surface area contributed by atoms with Crippen molar-refractivity contribution < 1.29 is 83.9 Å². The van der Waals surface area contributed by atoms with E-state index in [0.29, 0.717) is 57.8 Å². The topological polar surface area (TPSA) is 264 Å². The average Bonchev–Trinajstić information content (AvgIpc) is 1.32. The molecule has 9 N–H and O–H groups in total. The highest BCUT2D eigenvalue weighted by atomic mass is 16.5. The van der Waals surface area contributed by atoms with Crippen molar-refractivity contribution in [2.75, 3.05) is 13.7 Å². The van der Waals surface area contributed by atoms with Gasteiger partial charge in [0.05, 0.1) is 123 Å². The van der Waals surface area contributed by atoms with Crippen LogP contribution in [0.15, 0.2) is 71.9 Å². The van der Waals surface area contributed by atoms with E-state index in [-0.39, 0.29) is 117 Å². The lowest BCUT2D eigenvalue weighted by atomic mass is 9.79. The molecule has 0 radical (unpaired) electrons. The van der Waals surface area contributed by atoms with Crippen molar-refractivity contribution in [1.82, 2.24) is 0 Å². The van der Waals surface area contributed by atoms with E-state index in [4.69, 9.17) is 33.2 Å². The number of aliphatic hydroxyl groups is 9. The molecule has 0 aromatic rings. The molecule has 4 bridgehead atoms. The molecule has 17 heteroatoms. The van der Waals surface area contributed by atoms with E-state index < -0.39 is 90.9 Å². The number of ether oxygens (including phenoxy) is 7. The van der Waals surface area contributed by atoms with Crippen LogP contribution in [0.5, 0.6) is 0 Å². The fourth-order valence-corrected chi connectivity index (χ4v) is 14.5. The summed E-state index contributed by atoms with van der Waals surface area (Å²) in [7, 11) is 1.72. The molecule has 0 spiro atoms. The lowest BCUT2D eigenvalue weighted by Gasteiger charge is -2.37. The molecule has 0 amide bonds. The molecule has 0 aromatic carbocycles. The van der Waals surface area contributed by atoms with Gasteiger partial charge in [0.1, 0.15) is 6.10 Å². The summed E-state index contributed by atoms with van der Waals surface area (Å²) in [5.41, 5.74) is 1.69. The second-order valence-corrected chi connectivity index (χ2v) is 28.9. The Morgan fingerprint density at radius 1 is 0.505 bits per heavy atom. The number of esters is 1. The molecule has 5 aliphatic rings. The third-order valence-electron chi connectivity index (χ3n) is 20.7. The molecule has 524 valence electrons. The first-order valence-electron chi connectivity index (χ1n) is 35.3. The van der Waals surface area contributed by atoms with Gasteiger partial charge in [-0.2, -0.15) is 0 Å². The monoisotopic (exact) mass is 1290 g/mol. The number of carbonyl (C=O) groups excluding carboxylic acids is 1. The largest absolute Gasteiger partial charge is 0.459 e. The van der Waals surface area contributed by atoms with Crippen LogP contribution in [0.2, 0.25) is 0 Å². The molecule has 0 aliphatic carbocycles. The van der Waals surface area contributed by atoms with Gasteiger partial charge in [-0.3, -0.25) is 0 Å². The summed E-state index contributed by atoms with van der Waals surface area (Å²) in [6.07, 6.45) is 20.7. The van der Waals surface area contributed by atoms with Gasteiger partial charge >= 0.3 is 5.97 Å². The average molecular weight is 1290 g/mol. The van der Waals surface area contributed by atoms with Crippen molar-refractivity contribution >= 4 is 5.97 Å². The molecular formula is C74H126O17. The minimum Gasteiger partial charge on any atom is -0.459 e. The number of fused-ring (bicyclic) bond motifs is 4. The van der Waals surface area contributed by atoms with Crippen LogP contribution in [0.3, 0.4) is 0 Å². The summed E-state index contributed by atoms with van der Waals surface area (Å²) < 4.78 is 43.9. The van der Waals surface area contributed by atoms with Crippen LogP contribution in [0, 0.1) is 41.4 Å². The summed E-state index contributed by atoms with van der Waals surface area (Å²) in [6.45, 7) is 21.7. The van der Waals surface area contributed by atoms with Crippen molar-refractivity contribution in [2.24, 2.45) is 41.4 Å². The van der Waals surface area contributed by atoms with Gasteiger partial charge in [0.15, 0.2) is 0 Å². The van der Waals surface area contributed by atoms with Gasteiger partial charge in [0.2, 0.25) is 0 Å². The number of aliphatic hydroxyl groups excluding tert-OH is 9. The molecule has 0 aromatic heterocycles. The standard InChI is InChI=1S/C74H126O17/c1-45-17-16-36-86-73(48(4)28-33-60-19-13-18-50(6)87-60)54(10)71(83)52(8)68(80)42-59(78)38-58(77)41-64-23-15-22-63(90-64)40-57(76)31-25-46(2)26-35-70(82)91-74(49(5)29-34-65-43-66(85-12)37-51(7)88-65)55(11)72(84)53(9)69(81)44-67(79)47(3)27-32-61-20-14-21-62(89-61)39-56(75)30-24-45/h14-17,21-22,24-26,35,47-69,71-81,83-84H,13,18-20,23,27-34,36-44H2,1-12H3. The number of cyclic esters (lactones) is 1. The zero-order chi connectivity index (χ0) is 66.9. The van der Waals surface area contributed by atoms with Crippen LogP contribution in [0.4, 0.5) is 0 Å². The molecule has 5 heterocycles. The van der Waals surface area contributed by atoms with Crippen molar-refractivity contribution in [2.45, 2.75) is 333 Å². The number of rotatable bonds is 9. The van der Waals surface area contributed by atoms with Gasteiger partial charge in [-0.1, -0.05) is 114 Å². The van der Waals surface area contributed by atoms with Gasteiger partial charge in [0.25, 0.3) is 0 Å². The molecular weight excluding hydrogens is 1160 g/mol. The number of methoxy groups -OCH3 is 1. The third kappa shape index (κ3) is 28.1. The van der Waals surface area contributed by atoms with Crippen molar-refractivity contribution in [3.8, 4) is 0 Å². The Morgan fingerprint density at radius 3 is 1.68 bits per heavy atom. The van der Waals surface area contributed by atoms with E-state index in [1.165, 1.54) is 6.08 Å². The van der Waals surface area contributed by atoms with Gasteiger partial charge < -0.3 is 79.1 Å². The molecule has 91 heavy (non-hydrogen) atoms. The molecule has 27 unspecified atom stereocenters. The Labute approximate surface area is 547 Å². The Morgan fingerprint density at radius 2 is 1.05 bits per heavy atom. The lowest BCUT2D eigenvalue weighted by Crippen LogP contribution is -2.44. The van der Waals surface area contributed by atoms with Crippen molar-refractivity contribution in [3.05, 3.63) is 71.9 Å². The minimum absolute atomic E-state index is 0.00796. The van der Waals surface area contributed by atoms with E-state index in [9.17, 15) is 50.8 Å². The summed E-state index contributed by atoms with van der Waals surface area (Å²) in [5.74, 6) is -3.18. The molecule has 2 fully saturated rings. The van der Waals surface area contributed by atoms with Crippen LogP contribution in [-0.2, 0) is 38.0 Å². The van der Waals surface area contributed by atoms with E-state index >= 15 is 0 Å². The number of hydrogen-bond donors (Lipinski definition) is 9. The molecule has 27 atom stereocenters. The molecule has 17 nitrogen and oxygen atoms in total. The van der Waals surface area contributed by atoms with Crippen molar-refractivity contribution in [3.63, 3.8) is 0 Å². The highest BCUT2D eigenvalue weighted by Crippen LogP contribution is 2.35. The zero-order valence-corrected chi connectivity index (χ0v) is 57.7. The fraction of sp³-hybridized carbons (Fsp3) is 0.824. The predicted molar refractivity (Wildman–Crippen MR) is 356 cm³/mol. The first-order valence-corrected chi connectivity index (χ1v) is 35.3. The second-order valence-electron chi connectivity index (χ2n) is 28.9. The quantitative estimate of drug-likeness (QED) is 0.0768. The van der Waals surface area contributed by atoms with Crippen LogP contribution in [0.1, 0.15) is 211 Å². The maximum atomic E-state index is 13.7. The zero-order valence-electron chi connectivity index (χ0n) is 57.7. The molecule has 5 aliphatic heterocycles. The highest BCUT2D eigenvalue weighted by molar-refractivity contribution is 5.82. The number of allylic oxidation sites excluding steroid dienone is 4. The first kappa shape index (κ1) is 79.0. The number of carbonyl (C=O) groups is 1. The normalized spacial score (nSPS) is 41.4. The third-order valence-corrected chi connectivity index (χ3v) is 20.7. The summed E-state index contributed by atoms with van der Waals surface area (Å²) in [5, 5.41) is 103. The number of hydrogen-bond acceptors (Lipinski definition) is 17. The molecule has 0 saturated carbocycles. The van der Waals surface area contributed by atoms with Crippen LogP contribution in [-0.4, -0.2) is 188 Å². The Hall–Kier alpha value is -2.69. The SMILES string of the molecule is COC1CC(C)OC(CCC(C)C2OC(=O)C=CC(C)=CCC(O)CC3C=CCC(CC(O)CC(O)CC(O)C(C)C(O)C(C)C(C(C)CCC4CCCC(C)O4)OCC=CC(C)=CCC(O)CC4C=CCC(CCC(C)C(O)CC(O)C(C)C(O)C2C)O4)O3)C1. The van der Waals surface area contributed by atoms with E-state index in [1.54, 1.807) is 27.0 Å². The highest BCUT2D eigenvalue weighted by Gasteiger charge is 2.40. The van der Waals surface area contributed by atoms with Gasteiger partial charge in [-0.05, 0) is 167 Å². The Kier molecular flexibility index (Phi) is 35.4. The Bertz CT molecular complexity index is 2230. The van der Waals surface area contributed by atoms with Gasteiger partial charge in [-0.15, -0.1) is 0 Å². The maximum absolute atomic E-state index is 13.7. The van der Waals surface area contributed by atoms with E-state index in [2.05, 4.69) is 19.9 Å². The smallest absolute Gasteiger partial charge is 0.331 e. The van der Waals surface area contributed by atoms with E-state index in [1.807, 2.05) is 91.0 Å². The Balaban J connectivity index is 1.29. The molecule has 2 saturated heterocycles. The van der Waals surface area contributed by atoms with E-state index in [0.717, 1.165) is 56.1 Å². The van der Waals surface area contributed by atoms with Gasteiger partial charge in [-0.25, -0.2) is 4.79 Å². The second kappa shape index (κ2) is 40.8. The predicted octanol–water partition coefficient (Wildman–Crippen LogP) is 10.4.